The Morgan fingerprint density at radius 3 is 2.48 bits per heavy atom. The summed E-state index contributed by atoms with van der Waals surface area (Å²) >= 11 is 3.46. The van der Waals surface area contributed by atoms with Gasteiger partial charge in [-0.3, -0.25) is 0 Å². The fraction of sp³-hybridized carbons (Fsp3) is 0.250. The van der Waals surface area contributed by atoms with E-state index in [0.29, 0.717) is 5.92 Å². The molecule has 0 bridgehead atoms. The Morgan fingerprint density at radius 2 is 1.76 bits per heavy atom. The largest absolute Gasteiger partial charge is 0.358 e. The van der Waals surface area contributed by atoms with E-state index >= 15 is 0 Å². The third-order valence-corrected chi connectivity index (χ3v) is 5.89. The zero-order valence-electron chi connectivity index (χ0n) is 13.5. The van der Waals surface area contributed by atoms with Crippen LogP contribution < -0.4 is 5.32 Å². The molecule has 1 unspecified atom stereocenters. The van der Waals surface area contributed by atoms with Crippen LogP contribution in [0.25, 0.3) is 22.4 Å². The van der Waals surface area contributed by atoms with Crippen molar-refractivity contribution in [3.05, 3.63) is 64.8 Å². The van der Waals surface area contributed by atoms with Crippen LogP contribution in [-0.2, 0) is 0 Å². The third-order valence-electron chi connectivity index (χ3n) is 5.46. The van der Waals surface area contributed by atoms with Crippen LogP contribution in [0.2, 0.25) is 0 Å². The van der Waals surface area contributed by atoms with Crippen molar-refractivity contribution in [1.29, 1.82) is 0 Å². The summed E-state index contributed by atoms with van der Waals surface area (Å²) in [6.07, 6.45) is 1.80. The molecule has 3 atom stereocenters. The van der Waals surface area contributed by atoms with E-state index in [1.807, 2.05) is 24.3 Å². The van der Waals surface area contributed by atoms with Gasteiger partial charge in [-0.25, -0.2) is 9.37 Å². The first-order valence-corrected chi connectivity index (χ1v) is 9.31. The Balaban J connectivity index is 1.62. The number of pyridine rings is 1. The van der Waals surface area contributed by atoms with Gasteiger partial charge in [-0.2, -0.15) is 0 Å². The molecule has 1 saturated heterocycles. The normalized spacial score (nSPS) is 24.3. The van der Waals surface area contributed by atoms with Crippen LogP contribution in [0.1, 0.15) is 11.6 Å². The van der Waals surface area contributed by atoms with Crippen LogP contribution in [0.4, 0.5) is 4.39 Å². The number of halogens is 2. The molecule has 1 aliphatic heterocycles. The van der Waals surface area contributed by atoms with Crippen molar-refractivity contribution >= 4 is 15.9 Å². The summed E-state index contributed by atoms with van der Waals surface area (Å²) in [6.45, 7) is 2.22. The van der Waals surface area contributed by atoms with E-state index in [-0.39, 0.29) is 5.82 Å². The maximum Gasteiger partial charge on any atom is 0.123 e. The lowest BCUT2D eigenvalue weighted by Crippen LogP contribution is -2.14. The predicted octanol–water partition coefficient (Wildman–Crippen LogP) is 4.58. The quantitative estimate of drug-likeness (QED) is 0.635. The molecule has 1 aliphatic carbocycles. The Morgan fingerprint density at radius 1 is 1.00 bits per heavy atom. The van der Waals surface area contributed by atoms with Gasteiger partial charge < -0.3 is 10.3 Å². The maximum atomic E-state index is 13.3. The van der Waals surface area contributed by atoms with Gasteiger partial charge in [0.1, 0.15) is 10.4 Å². The molecule has 2 fully saturated rings. The first-order chi connectivity index (χ1) is 12.2. The van der Waals surface area contributed by atoms with E-state index in [1.54, 1.807) is 6.20 Å². The van der Waals surface area contributed by atoms with E-state index in [2.05, 4.69) is 37.3 Å². The molecule has 0 amide bonds. The number of piperidine rings is 1. The lowest BCUT2D eigenvalue weighted by Gasteiger charge is -2.05. The first kappa shape index (κ1) is 15.3. The highest BCUT2D eigenvalue weighted by atomic mass is 79.9. The van der Waals surface area contributed by atoms with Gasteiger partial charge in [-0.05, 0) is 94.4 Å². The number of aromatic nitrogens is 2. The van der Waals surface area contributed by atoms with E-state index in [0.717, 1.165) is 51.9 Å². The zero-order valence-corrected chi connectivity index (χ0v) is 15.1. The third kappa shape index (κ3) is 2.62. The molecular formula is C20H17BrFN3. The van der Waals surface area contributed by atoms with Crippen LogP contribution in [0.15, 0.2) is 53.3 Å². The number of fused-ring (bicyclic) bond motifs is 1. The number of hydrogen-bond acceptors (Lipinski definition) is 2. The summed E-state index contributed by atoms with van der Waals surface area (Å²) in [7, 11) is 0. The minimum absolute atomic E-state index is 0.216. The Kier molecular flexibility index (Phi) is 3.54. The Labute approximate surface area is 153 Å². The highest BCUT2D eigenvalue weighted by Crippen LogP contribution is 2.56. The van der Waals surface area contributed by atoms with Gasteiger partial charge in [0.25, 0.3) is 0 Å². The van der Waals surface area contributed by atoms with Gasteiger partial charge in [0.05, 0.1) is 5.69 Å². The van der Waals surface area contributed by atoms with E-state index in [4.69, 9.17) is 0 Å². The summed E-state index contributed by atoms with van der Waals surface area (Å²) in [5, 5.41) is 3.45. The summed E-state index contributed by atoms with van der Waals surface area (Å²) in [4.78, 5) is 7.87. The molecule has 3 nitrogen and oxygen atoms in total. The molecule has 3 aromatic rings. The number of nitrogens with zero attached hydrogens (tertiary/aromatic N) is 1. The number of rotatable bonds is 3. The maximum absolute atomic E-state index is 13.3. The van der Waals surface area contributed by atoms with Crippen molar-refractivity contribution < 1.29 is 4.39 Å². The van der Waals surface area contributed by atoms with Crippen LogP contribution in [0.3, 0.4) is 0 Å². The summed E-state index contributed by atoms with van der Waals surface area (Å²) in [5.41, 5.74) is 5.58. The lowest BCUT2D eigenvalue weighted by atomic mass is 10.0. The minimum Gasteiger partial charge on any atom is -0.358 e. The molecule has 126 valence electrons. The molecule has 5 rings (SSSR count). The zero-order chi connectivity index (χ0) is 17.0. The molecule has 3 heterocycles. The van der Waals surface area contributed by atoms with Gasteiger partial charge in [-0.15, -0.1) is 0 Å². The van der Waals surface area contributed by atoms with E-state index in [1.165, 1.54) is 17.8 Å². The van der Waals surface area contributed by atoms with Crippen molar-refractivity contribution in [3.8, 4) is 22.4 Å². The average Bonchev–Trinajstić information content (AvgIpc) is 3.00. The molecule has 2 aromatic heterocycles. The van der Waals surface area contributed by atoms with Gasteiger partial charge >= 0.3 is 0 Å². The van der Waals surface area contributed by atoms with Gasteiger partial charge in [0.2, 0.25) is 0 Å². The monoisotopic (exact) mass is 397 g/mol. The second-order valence-electron chi connectivity index (χ2n) is 6.90. The summed E-state index contributed by atoms with van der Waals surface area (Å²) in [6, 6.07) is 13.0. The average molecular weight is 398 g/mol. The van der Waals surface area contributed by atoms with Gasteiger partial charge in [-0.1, -0.05) is 0 Å². The van der Waals surface area contributed by atoms with Crippen LogP contribution in [0.5, 0.6) is 0 Å². The standard InChI is InChI=1S/C20H17BrFN3/c21-18-7-12(5-6-24-18)14-8-17(19-15-9-23-10-16(15)19)25-20(14)11-1-3-13(22)4-2-11/h1-8,15-16,19,23,25H,9-10H2/t15-,16+,19?. The molecule has 2 N–H and O–H groups in total. The van der Waals surface area contributed by atoms with Gasteiger partial charge in [0.15, 0.2) is 0 Å². The first-order valence-electron chi connectivity index (χ1n) is 8.52. The summed E-state index contributed by atoms with van der Waals surface area (Å²) < 4.78 is 14.2. The fourth-order valence-electron chi connectivity index (χ4n) is 4.18. The van der Waals surface area contributed by atoms with E-state index in [9.17, 15) is 4.39 Å². The second-order valence-corrected chi connectivity index (χ2v) is 7.71. The Bertz CT molecular complexity index is 924. The SMILES string of the molecule is Fc1ccc(-c2[nH]c(C3[C@H]4CNC[C@@H]34)cc2-c2ccnc(Br)c2)cc1. The van der Waals surface area contributed by atoms with Crippen molar-refractivity contribution in [2.75, 3.05) is 13.1 Å². The van der Waals surface area contributed by atoms with Crippen molar-refractivity contribution in [2.24, 2.45) is 11.8 Å². The number of H-pyrrole nitrogens is 1. The molecule has 0 spiro atoms. The van der Waals surface area contributed by atoms with Gasteiger partial charge in [0, 0.05) is 23.4 Å². The highest BCUT2D eigenvalue weighted by Gasteiger charge is 2.54. The molecular weight excluding hydrogens is 381 g/mol. The topological polar surface area (TPSA) is 40.7 Å². The molecule has 5 heteroatoms. The number of aromatic amines is 1. The number of benzene rings is 1. The fourth-order valence-corrected chi connectivity index (χ4v) is 4.54. The molecule has 0 radical (unpaired) electrons. The predicted molar refractivity (Wildman–Crippen MR) is 99.7 cm³/mol. The number of nitrogens with one attached hydrogen (secondary N) is 2. The lowest BCUT2D eigenvalue weighted by molar-refractivity contribution is 0.628. The highest BCUT2D eigenvalue weighted by molar-refractivity contribution is 9.10. The molecule has 2 aliphatic rings. The smallest absolute Gasteiger partial charge is 0.123 e. The van der Waals surface area contributed by atoms with Crippen molar-refractivity contribution in [3.63, 3.8) is 0 Å². The van der Waals surface area contributed by atoms with Crippen LogP contribution in [-0.4, -0.2) is 23.1 Å². The number of hydrogen-bond donors (Lipinski definition) is 2. The van der Waals surface area contributed by atoms with Crippen LogP contribution in [0, 0.1) is 17.7 Å². The van der Waals surface area contributed by atoms with Crippen molar-refractivity contribution in [1.82, 2.24) is 15.3 Å². The minimum atomic E-state index is -0.216. The second kappa shape index (κ2) is 5.78. The van der Waals surface area contributed by atoms with E-state index < -0.39 is 0 Å². The van der Waals surface area contributed by atoms with Crippen molar-refractivity contribution in [2.45, 2.75) is 5.92 Å². The molecule has 1 saturated carbocycles. The molecule has 1 aromatic carbocycles. The van der Waals surface area contributed by atoms with Crippen LogP contribution >= 0.6 is 15.9 Å². The Hall–Kier alpha value is -1.98. The summed E-state index contributed by atoms with van der Waals surface area (Å²) in [5.74, 6) is 1.89. The molecule has 25 heavy (non-hydrogen) atoms.